The van der Waals surface area contributed by atoms with E-state index >= 15 is 0 Å². The van der Waals surface area contributed by atoms with Crippen LogP contribution < -0.4 is 24.8 Å². The molecule has 3 heteroatoms. The Labute approximate surface area is 119 Å². The van der Waals surface area contributed by atoms with Gasteiger partial charge in [-0.05, 0) is 0 Å². The first-order valence-corrected chi connectivity index (χ1v) is 5.90. The van der Waals surface area contributed by atoms with Crippen molar-refractivity contribution >= 4 is 0 Å². The van der Waals surface area contributed by atoms with Crippen LogP contribution in [0.3, 0.4) is 0 Å². The fourth-order valence-electron chi connectivity index (χ4n) is 1.99. The van der Waals surface area contributed by atoms with Gasteiger partial charge in [-0.3, -0.25) is 0 Å². The summed E-state index contributed by atoms with van der Waals surface area (Å²) < 4.78 is 1.64. The van der Waals surface area contributed by atoms with Gasteiger partial charge in [0, 0.05) is 0 Å². The second-order valence-electron chi connectivity index (χ2n) is 3.76. The number of allylic oxidation sites excluding steroid dienone is 8. The second-order valence-corrected chi connectivity index (χ2v) is 5.24. The summed E-state index contributed by atoms with van der Waals surface area (Å²) in [5.74, 6) is 0. The summed E-state index contributed by atoms with van der Waals surface area (Å²) >= 11 is 1.58. The Bertz CT molecular complexity index is 373. The number of halogens is 2. The molecule has 0 saturated carbocycles. The fourth-order valence-corrected chi connectivity index (χ4v) is 3.50. The van der Waals surface area contributed by atoms with Gasteiger partial charge in [-0.15, -0.1) is 0 Å². The van der Waals surface area contributed by atoms with Crippen molar-refractivity contribution in [2.75, 3.05) is 0 Å². The topological polar surface area (TPSA) is 0 Å². The van der Waals surface area contributed by atoms with Gasteiger partial charge in [0.15, 0.2) is 0 Å². The predicted molar refractivity (Wildman–Crippen MR) is 51.9 cm³/mol. The normalized spacial score (nSPS) is 19.1. The number of rotatable bonds is 1. The predicted octanol–water partition coefficient (Wildman–Crippen LogP) is -2.58. The molecule has 2 rings (SSSR count). The summed E-state index contributed by atoms with van der Waals surface area (Å²) in [6.45, 7) is 4.52. The summed E-state index contributed by atoms with van der Waals surface area (Å²) in [4.78, 5) is 0. The zero-order valence-corrected chi connectivity index (χ0v) is 12.9. The Balaban J connectivity index is 0.000000980. The van der Waals surface area contributed by atoms with Gasteiger partial charge >= 0.3 is 95.2 Å². The molecule has 0 nitrogen and oxygen atoms in total. The largest absolute Gasteiger partial charge is 1.00 e. The van der Waals surface area contributed by atoms with Gasteiger partial charge in [-0.2, -0.15) is 0 Å². The van der Waals surface area contributed by atoms with Crippen molar-refractivity contribution in [2.45, 2.75) is 26.7 Å². The van der Waals surface area contributed by atoms with E-state index in [1.807, 2.05) is 0 Å². The summed E-state index contributed by atoms with van der Waals surface area (Å²) in [7, 11) is 0. The summed E-state index contributed by atoms with van der Waals surface area (Å²) in [6.07, 6.45) is 9.04. The maximum absolute atomic E-state index is 2.27. The minimum Gasteiger partial charge on any atom is -1.00 e. The van der Waals surface area contributed by atoms with E-state index in [-0.39, 0.29) is 24.8 Å². The van der Waals surface area contributed by atoms with Gasteiger partial charge in [0.2, 0.25) is 0 Å². The van der Waals surface area contributed by atoms with E-state index in [1.165, 1.54) is 17.6 Å². The molecule has 15 heavy (non-hydrogen) atoms. The Hall–Kier alpha value is 0.423. The van der Waals surface area contributed by atoms with E-state index in [1.54, 1.807) is 39.1 Å². The van der Waals surface area contributed by atoms with Crippen molar-refractivity contribution in [1.82, 2.24) is 0 Å². The van der Waals surface area contributed by atoms with Crippen molar-refractivity contribution in [3.05, 3.63) is 43.8 Å². The van der Waals surface area contributed by atoms with Gasteiger partial charge in [-0.25, -0.2) is 0 Å². The van der Waals surface area contributed by atoms with Crippen LogP contribution in [0.4, 0.5) is 0 Å². The van der Waals surface area contributed by atoms with Crippen LogP contribution in [0.25, 0.3) is 0 Å². The first kappa shape index (κ1) is 15.4. The van der Waals surface area contributed by atoms with Crippen LogP contribution >= 0.6 is 0 Å². The molecule has 0 atom stereocenters. The van der Waals surface area contributed by atoms with Crippen LogP contribution in [0.2, 0.25) is 0 Å². The van der Waals surface area contributed by atoms with Gasteiger partial charge < -0.3 is 24.8 Å². The van der Waals surface area contributed by atoms with Crippen LogP contribution in [0, 0.1) is 0 Å². The standard InChI is InChI=1S/C12H13.2ClH.Zr/c1-9-7-8-12(10(9)2)11-5-3-4-6-11;;;/h3-5H,6-7H2,1-2H3;2*1H;/q;;;+2/p-2. The molecule has 0 heterocycles. The van der Waals surface area contributed by atoms with Crippen molar-refractivity contribution < 1.29 is 49.5 Å². The van der Waals surface area contributed by atoms with E-state index < -0.39 is 0 Å². The van der Waals surface area contributed by atoms with Crippen molar-refractivity contribution in [3.8, 4) is 0 Å². The van der Waals surface area contributed by atoms with E-state index in [0.717, 1.165) is 6.42 Å². The Morgan fingerprint density at radius 1 is 1.20 bits per heavy atom. The summed E-state index contributed by atoms with van der Waals surface area (Å²) in [5.41, 5.74) is 6.19. The molecule has 0 aliphatic heterocycles. The van der Waals surface area contributed by atoms with E-state index in [0.29, 0.717) is 0 Å². The van der Waals surface area contributed by atoms with Crippen LogP contribution in [-0.2, 0) is 24.7 Å². The average Bonchev–Trinajstić information content (AvgIpc) is 2.63. The Kier molecular flexibility index (Phi) is 6.41. The maximum atomic E-state index is 2.27. The van der Waals surface area contributed by atoms with Crippen molar-refractivity contribution in [3.63, 3.8) is 0 Å². The third-order valence-electron chi connectivity index (χ3n) is 2.85. The Morgan fingerprint density at radius 3 is 2.27 bits per heavy atom. The van der Waals surface area contributed by atoms with Gasteiger partial charge in [-0.1, -0.05) is 0 Å². The van der Waals surface area contributed by atoms with Gasteiger partial charge in [0.05, 0.1) is 0 Å². The first-order valence-electron chi connectivity index (χ1n) is 4.67. The molecule has 0 spiro atoms. The molecule has 0 aromatic rings. The molecule has 0 amide bonds. The molecule has 0 saturated heterocycles. The zero-order chi connectivity index (χ0) is 9.42. The third-order valence-corrected chi connectivity index (χ3v) is 3.90. The quantitative estimate of drug-likeness (QED) is 0.498. The van der Waals surface area contributed by atoms with Crippen LogP contribution in [-0.4, -0.2) is 0 Å². The maximum Gasteiger partial charge on any atom is -1.00 e. The van der Waals surface area contributed by atoms with Crippen LogP contribution in [0.5, 0.6) is 0 Å². The van der Waals surface area contributed by atoms with E-state index in [9.17, 15) is 0 Å². The fraction of sp³-hybridized carbons (Fsp3) is 0.333. The van der Waals surface area contributed by atoms with Crippen molar-refractivity contribution in [2.24, 2.45) is 0 Å². The monoisotopic (exact) mass is 317 g/mol. The van der Waals surface area contributed by atoms with Crippen LogP contribution in [0.15, 0.2) is 43.8 Å². The molecule has 0 radical (unpaired) electrons. The second kappa shape index (κ2) is 6.23. The molecular weight excluding hydrogens is 306 g/mol. The SMILES string of the molecule is CC1=C(C)C(C2=CC=CC2)=[C]([Zr+2])C1.[Cl-].[Cl-]. The number of hydrogen-bond donors (Lipinski definition) is 0. The molecule has 0 aromatic carbocycles. The Morgan fingerprint density at radius 2 is 1.87 bits per heavy atom. The molecule has 0 aromatic heterocycles. The first-order chi connectivity index (χ1) is 6.20. The molecule has 79 valence electrons. The molecule has 0 unspecified atom stereocenters. The number of hydrogen-bond acceptors (Lipinski definition) is 0. The smallest absolute Gasteiger partial charge is 1.00 e. The molecule has 2 aliphatic carbocycles. The molecule has 0 fully saturated rings. The minimum atomic E-state index is 0. The average molecular weight is 319 g/mol. The van der Waals surface area contributed by atoms with Gasteiger partial charge in [0.1, 0.15) is 0 Å². The molecule has 0 bridgehead atoms. The van der Waals surface area contributed by atoms with E-state index in [4.69, 9.17) is 0 Å². The summed E-state index contributed by atoms with van der Waals surface area (Å²) in [5, 5.41) is 0. The molecule has 2 aliphatic rings. The minimum absolute atomic E-state index is 0. The van der Waals surface area contributed by atoms with Gasteiger partial charge in [0.25, 0.3) is 0 Å². The third kappa shape index (κ3) is 2.96. The molecular formula is C12H13Cl2Zr. The van der Waals surface area contributed by atoms with Crippen molar-refractivity contribution in [1.29, 1.82) is 0 Å². The van der Waals surface area contributed by atoms with E-state index in [2.05, 4.69) is 32.1 Å². The molecule has 0 N–H and O–H groups in total. The summed E-state index contributed by atoms with van der Waals surface area (Å²) in [6, 6.07) is 0. The van der Waals surface area contributed by atoms with Crippen LogP contribution in [0.1, 0.15) is 26.7 Å². The zero-order valence-electron chi connectivity index (χ0n) is 8.90.